The SMILES string of the molecule is CCN1C(=S)N[C@H](c2ccccn2)[C@H]1c1cccn1-c1cccc(Br)c1. The first kappa shape index (κ1) is 17.2. The van der Waals surface area contributed by atoms with Gasteiger partial charge in [-0.15, -0.1) is 0 Å². The molecule has 1 aromatic carbocycles. The second-order valence-electron chi connectivity index (χ2n) is 6.20. The molecule has 0 bridgehead atoms. The number of aromatic nitrogens is 2. The predicted octanol–water partition coefficient (Wildman–Crippen LogP) is 4.63. The van der Waals surface area contributed by atoms with Crippen LogP contribution in [0.15, 0.2) is 71.5 Å². The summed E-state index contributed by atoms with van der Waals surface area (Å²) in [4.78, 5) is 6.81. The number of benzene rings is 1. The van der Waals surface area contributed by atoms with Crippen LogP contribution in [-0.2, 0) is 0 Å². The monoisotopic (exact) mass is 426 g/mol. The van der Waals surface area contributed by atoms with Gasteiger partial charge >= 0.3 is 0 Å². The number of pyridine rings is 1. The van der Waals surface area contributed by atoms with Gasteiger partial charge in [-0.2, -0.15) is 0 Å². The molecule has 0 aliphatic carbocycles. The summed E-state index contributed by atoms with van der Waals surface area (Å²) in [5, 5.41) is 4.25. The molecule has 0 amide bonds. The van der Waals surface area contributed by atoms with E-state index in [4.69, 9.17) is 12.2 Å². The van der Waals surface area contributed by atoms with Crippen LogP contribution in [0, 0.1) is 0 Å². The number of halogens is 1. The van der Waals surface area contributed by atoms with Gasteiger partial charge in [-0.25, -0.2) is 0 Å². The number of thiocarbonyl (C=S) groups is 1. The molecule has 1 aliphatic rings. The van der Waals surface area contributed by atoms with Crippen LogP contribution in [0.5, 0.6) is 0 Å². The zero-order valence-electron chi connectivity index (χ0n) is 14.3. The van der Waals surface area contributed by atoms with Crippen LogP contribution in [0.3, 0.4) is 0 Å². The first-order valence-electron chi connectivity index (χ1n) is 8.60. The molecule has 4 nitrogen and oxygen atoms in total. The molecule has 132 valence electrons. The third kappa shape index (κ3) is 3.04. The number of nitrogens with zero attached hydrogens (tertiary/aromatic N) is 3. The molecule has 26 heavy (non-hydrogen) atoms. The molecule has 1 saturated heterocycles. The molecule has 0 saturated carbocycles. The number of hydrogen-bond donors (Lipinski definition) is 1. The minimum Gasteiger partial charge on any atom is -0.352 e. The van der Waals surface area contributed by atoms with Crippen molar-refractivity contribution in [2.75, 3.05) is 6.54 Å². The standard InChI is InChI=1S/C20H19BrN4S/c1-2-24-19(18(23-20(24)26)16-9-3-4-11-22-16)17-10-6-12-25(17)15-8-5-7-14(21)13-15/h3-13,18-19H,2H2,1H3,(H,23,26)/t18-,19-/m1/s1. The van der Waals surface area contributed by atoms with E-state index in [0.29, 0.717) is 0 Å². The first-order chi connectivity index (χ1) is 12.7. The van der Waals surface area contributed by atoms with Gasteiger partial charge in [0.15, 0.2) is 5.11 Å². The Morgan fingerprint density at radius 3 is 2.77 bits per heavy atom. The van der Waals surface area contributed by atoms with Gasteiger partial charge in [-0.05, 0) is 61.6 Å². The van der Waals surface area contributed by atoms with Crippen LogP contribution in [-0.4, -0.2) is 26.1 Å². The molecule has 1 aliphatic heterocycles. The number of hydrogen-bond acceptors (Lipinski definition) is 2. The Balaban J connectivity index is 1.82. The molecule has 0 unspecified atom stereocenters. The van der Waals surface area contributed by atoms with Crippen molar-refractivity contribution in [3.63, 3.8) is 0 Å². The Morgan fingerprint density at radius 2 is 2.04 bits per heavy atom. The Labute approximate surface area is 167 Å². The Hall–Kier alpha value is -2.18. The highest BCUT2D eigenvalue weighted by Gasteiger charge is 2.40. The normalized spacial score (nSPS) is 19.6. The zero-order chi connectivity index (χ0) is 18.1. The van der Waals surface area contributed by atoms with E-state index in [-0.39, 0.29) is 12.1 Å². The van der Waals surface area contributed by atoms with Gasteiger partial charge in [-0.3, -0.25) is 4.98 Å². The molecule has 6 heteroatoms. The van der Waals surface area contributed by atoms with Crippen molar-refractivity contribution >= 4 is 33.3 Å². The number of rotatable bonds is 4. The van der Waals surface area contributed by atoms with E-state index in [1.54, 1.807) is 0 Å². The maximum atomic E-state index is 5.62. The van der Waals surface area contributed by atoms with E-state index in [2.05, 4.69) is 85.2 Å². The minimum atomic E-state index is 0.0180. The molecule has 4 rings (SSSR count). The average Bonchev–Trinajstić information content (AvgIpc) is 3.26. The lowest BCUT2D eigenvalue weighted by atomic mass is 10.0. The summed E-state index contributed by atoms with van der Waals surface area (Å²) >= 11 is 9.19. The van der Waals surface area contributed by atoms with Crippen molar-refractivity contribution in [2.45, 2.75) is 19.0 Å². The summed E-state index contributed by atoms with van der Waals surface area (Å²) < 4.78 is 3.28. The van der Waals surface area contributed by atoms with Crippen LogP contribution < -0.4 is 5.32 Å². The van der Waals surface area contributed by atoms with E-state index in [9.17, 15) is 0 Å². The molecule has 2 atom stereocenters. The Bertz CT molecular complexity index is 924. The highest BCUT2D eigenvalue weighted by Crippen LogP contribution is 2.39. The van der Waals surface area contributed by atoms with Gasteiger partial charge in [0.05, 0.1) is 17.8 Å². The lowest BCUT2D eigenvalue weighted by Crippen LogP contribution is -2.30. The lowest BCUT2D eigenvalue weighted by Gasteiger charge is -2.28. The molecule has 0 spiro atoms. The van der Waals surface area contributed by atoms with E-state index < -0.39 is 0 Å². The van der Waals surface area contributed by atoms with Crippen LogP contribution in [0.4, 0.5) is 0 Å². The van der Waals surface area contributed by atoms with E-state index in [1.165, 1.54) is 5.69 Å². The fraction of sp³-hybridized carbons (Fsp3) is 0.200. The van der Waals surface area contributed by atoms with E-state index in [1.807, 2.05) is 24.4 Å². The van der Waals surface area contributed by atoms with Crippen LogP contribution in [0.1, 0.15) is 30.4 Å². The summed E-state index contributed by atoms with van der Waals surface area (Å²) in [6.07, 6.45) is 3.93. The van der Waals surface area contributed by atoms with Crippen molar-refractivity contribution in [1.29, 1.82) is 0 Å². The molecule has 0 radical (unpaired) electrons. The summed E-state index contributed by atoms with van der Waals surface area (Å²) in [5.41, 5.74) is 3.30. The lowest BCUT2D eigenvalue weighted by molar-refractivity contribution is 0.321. The van der Waals surface area contributed by atoms with Crippen LogP contribution in [0.2, 0.25) is 0 Å². The molecule has 3 heterocycles. The van der Waals surface area contributed by atoms with Gasteiger partial charge in [0.25, 0.3) is 0 Å². The van der Waals surface area contributed by atoms with E-state index in [0.717, 1.165) is 27.5 Å². The van der Waals surface area contributed by atoms with Crippen molar-refractivity contribution in [2.24, 2.45) is 0 Å². The maximum Gasteiger partial charge on any atom is 0.170 e. The third-order valence-corrected chi connectivity index (χ3v) is 5.55. The quantitative estimate of drug-likeness (QED) is 0.616. The molecular weight excluding hydrogens is 408 g/mol. The van der Waals surface area contributed by atoms with Crippen molar-refractivity contribution in [1.82, 2.24) is 19.8 Å². The molecule has 2 aromatic heterocycles. The van der Waals surface area contributed by atoms with Crippen molar-refractivity contribution in [3.05, 3.63) is 82.9 Å². The topological polar surface area (TPSA) is 33.1 Å². The van der Waals surface area contributed by atoms with Crippen molar-refractivity contribution < 1.29 is 0 Å². The smallest absolute Gasteiger partial charge is 0.170 e. The third-order valence-electron chi connectivity index (χ3n) is 4.71. The highest BCUT2D eigenvalue weighted by atomic mass is 79.9. The maximum absolute atomic E-state index is 5.62. The fourth-order valence-corrected chi connectivity index (χ4v) is 4.32. The molecule has 3 aromatic rings. The first-order valence-corrected chi connectivity index (χ1v) is 9.80. The Morgan fingerprint density at radius 1 is 1.15 bits per heavy atom. The van der Waals surface area contributed by atoms with Gasteiger partial charge in [0.1, 0.15) is 0 Å². The van der Waals surface area contributed by atoms with Gasteiger partial charge in [-0.1, -0.05) is 28.1 Å². The summed E-state index contributed by atoms with van der Waals surface area (Å²) in [6.45, 7) is 2.97. The second kappa shape index (κ2) is 7.21. The van der Waals surface area contributed by atoms with Gasteiger partial charge in [0, 0.05) is 34.8 Å². The van der Waals surface area contributed by atoms with Gasteiger partial charge < -0.3 is 14.8 Å². The van der Waals surface area contributed by atoms with Crippen molar-refractivity contribution in [3.8, 4) is 5.69 Å². The average molecular weight is 427 g/mol. The molecular formula is C20H19BrN4S. The Kier molecular flexibility index (Phi) is 4.78. The van der Waals surface area contributed by atoms with E-state index >= 15 is 0 Å². The summed E-state index contributed by atoms with van der Waals surface area (Å²) in [5.74, 6) is 0. The van der Waals surface area contributed by atoms with Crippen LogP contribution in [0.25, 0.3) is 5.69 Å². The molecule has 1 N–H and O–H groups in total. The minimum absolute atomic E-state index is 0.0180. The van der Waals surface area contributed by atoms with Crippen LogP contribution >= 0.6 is 28.1 Å². The number of likely N-dealkylation sites (N-methyl/N-ethyl adjacent to an activating group) is 1. The predicted molar refractivity (Wildman–Crippen MR) is 111 cm³/mol. The number of nitrogens with one attached hydrogen (secondary N) is 1. The zero-order valence-corrected chi connectivity index (χ0v) is 16.7. The second-order valence-corrected chi connectivity index (χ2v) is 7.50. The van der Waals surface area contributed by atoms with Gasteiger partial charge in [0.2, 0.25) is 0 Å². The summed E-state index contributed by atoms with van der Waals surface area (Å²) in [6, 6.07) is 18.7. The molecule has 1 fully saturated rings. The fourth-order valence-electron chi connectivity index (χ4n) is 3.56. The summed E-state index contributed by atoms with van der Waals surface area (Å²) in [7, 11) is 0. The largest absolute Gasteiger partial charge is 0.352 e. The highest BCUT2D eigenvalue weighted by molar-refractivity contribution is 9.10.